The van der Waals surface area contributed by atoms with Gasteiger partial charge in [-0.2, -0.15) is 0 Å². The van der Waals surface area contributed by atoms with Gasteiger partial charge in [0.2, 0.25) is 0 Å². The minimum atomic E-state index is -0.334. The van der Waals surface area contributed by atoms with Crippen LogP contribution in [0.25, 0.3) is 0 Å². The molecule has 0 heterocycles. The Hall–Kier alpha value is -1.31. The third-order valence-electron chi connectivity index (χ3n) is 1.31. The highest BCUT2D eigenvalue weighted by Crippen LogP contribution is 2.15. The zero-order valence-electron chi connectivity index (χ0n) is 7.01. The Morgan fingerprint density at radius 2 is 2.17 bits per heavy atom. The van der Waals surface area contributed by atoms with Crippen LogP contribution in [0, 0.1) is 5.82 Å². The van der Waals surface area contributed by atoms with Crippen LogP contribution in [0.3, 0.4) is 0 Å². The van der Waals surface area contributed by atoms with E-state index in [0.29, 0.717) is 6.61 Å². The van der Waals surface area contributed by atoms with Gasteiger partial charge in [-0.05, 0) is 24.6 Å². The molecule has 0 spiro atoms. The molecule has 0 radical (unpaired) electrons. The molecule has 0 unspecified atom stereocenters. The molecule has 0 aliphatic carbocycles. The van der Waals surface area contributed by atoms with Crippen LogP contribution in [-0.4, -0.2) is 6.61 Å². The molecule has 1 nitrogen and oxygen atoms in total. The van der Waals surface area contributed by atoms with Gasteiger partial charge in [0.25, 0.3) is 0 Å². The molecule has 0 bridgehead atoms. The number of rotatable bonds is 3. The Labute approximate surface area is 71.5 Å². The van der Waals surface area contributed by atoms with Crippen molar-refractivity contribution in [2.24, 2.45) is 0 Å². The summed E-state index contributed by atoms with van der Waals surface area (Å²) in [6.07, 6.45) is 0. The molecular formula is C10H11FO. The molecule has 0 atom stereocenters. The van der Waals surface area contributed by atoms with Gasteiger partial charge in [0, 0.05) is 0 Å². The summed E-state index contributed by atoms with van der Waals surface area (Å²) in [4.78, 5) is 0. The van der Waals surface area contributed by atoms with Crippen molar-refractivity contribution in [2.75, 3.05) is 6.61 Å². The smallest absolute Gasteiger partial charge is 0.165 e. The van der Waals surface area contributed by atoms with Crippen molar-refractivity contribution in [3.05, 3.63) is 42.2 Å². The molecule has 1 aromatic carbocycles. The fourth-order valence-electron chi connectivity index (χ4n) is 0.763. The highest BCUT2D eigenvalue weighted by atomic mass is 19.1. The van der Waals surface area contributed by atoms with Gasteiger partial charge in [-0.25, -0.2) is 4.39 Å². The van der Waals surface area contributed by atoms with E-state index in [2.05, 4.69) is 6.58 Å². The number of ether oxygens (including phenoxy) is 1. The third kappa shape index (κ3) is 2.38. The quantitative estimate of drug-likeness (QED) is 0.627. The summed E-state index contributed by atoms with van der Waals surface area (Å²) >= 11 is 0. The van der Waals surface area contributed by atoms with E-state index in [0.717, 1.165) is 5.57 Å². The summed E-state index contributed by atoms with van der Waals surface area (Å²) < 4.78 is 18.0. The highest BCUT2D eigenvalue weighted by Gasteiger charge is 1.99. The van der Waals surface area contributed by atoms with Crippen molar-refractivity contribution in [3.63, 3.8) is 0 Å². The second kappa shape index (κ2) is 3.90. The molecule has 0 saturated heterocycles. The van der Waals surface area contributed by atoms with Crippen LogP contribution in [0.4, 0.5) is 4.39 Å². The summed E-state index contributed by atoms with van der Waals surface area (Å²) in [5.41, 5.74) is 0.873. The molecule has 2 heteroatoms. The van der Waals surface area contributed by atoms with Gasteiger partial charge in [0.15, 0.2) is 11.6 Å². The van der Waals surface area contributed by atoms with Crippen molar-refractivity contribution in [2.45, 2.75) is 6.92 Å². The van der Waals surface area contributed by atoms with E-state index < -0.39 is 0 Å². The average molecular weight is 166 g/mol. The Bertz CT molecular complexity index is 281. The number of hydrogen-bond acceptors (Lipinski definition) is 1. The summed E-state index contributed by atoms with van der Waals surface area (Å²) in [6.45, 7) is 5.85. The third-order valence-corrected chi connectivity index (χ3v) is 1.31. The molecular weight excluding hydrogens is 155 g/mol. The van der Waals surface area contributed by atoms with Crippen LogP contribution in [0.2, 0.25) is 0 Å². The van der Waals surface area contributed by atoms with Crippen LogP contribution in [0.1, 0.15) is 6.92 Å². The lowest BCUT2D eigenvalue weighted by Gasteiger charge is -2.05. The molecule has 64 valence electrons. The van der Waals surface area contributed by atoms with Crippen molar-refractivity contribution in [1.29, 1.82) is 0 Å². The zero-order chi connectivity index (χ0) is 8.97. The van der Waals surface area contributed by atoms with E-state index in [9.17, 15) is 4.39 Å². The maximum absolute atomic E-state index is 12.9. The average Bonchev–Trinajstić information content (AvgIpc) is 2.03. The van der Waals surface area contributed by atoms with Crippen molar-refractivity contribution in [1.82, 2.24) is 0 Å². The molecule has 1 rings (SSSR count). The lowest BCUT2D eigenvalue weighted by Crippen LogP contribution is -1.98. The molecule has 0 saturated carbocycles. The first-order valence-corrected chi connectivity index (χ1v) is 3.72. The van der Waals surface area contributed by atoms with Gasteiger partial charge >= 0.3 is 0 Å². The fraction of sp³-hybridized carbons (Fsp3) is 0.200. The van der Waals surface area contributed by atoms with Gasteiger partial charge in [0.05, 0.1) is 0 Å². The predicted octanol–water partition coefficient (Wildman–Crippen LogP) is 2.78. The first-order chi connectivity index (χ1) is 5.70. The largest absolute Gasteiger partial charge is 0.486 e. The fourth-order valence-corrected chi connectivity index (χ4v) is 0.763. The monoisotopic (exact) mass is 166 g/mol. The lowest BCUT2D eigenvalue weighted by molar-refractivity contribution is 0.333. The van der Waals surface area contributed by atoms with E-state index in [1.54, 1.807) is 18.2 Å². The van der Waals surface area contributed by atoms with Crippen LogP contribution in [0.15, 0.2) is 36.4 Å². The second-order valence-corrected chi connectivity index (χ2v) is 2.68. The van der Waals surface area contributed by atoms with Gasteiger partial charge < -0.3 is 4.74 Å². The molecule has 12 heavy (non-hydrogen) atoms. The first kappa shape index (κ1) is 8.78. The van der Waals surface area contributed by atoms with Crippen LogP contribution in [0.5, 0.6) is 5.75 Å². The van der Waals surface area contributed by atoms with Crippen molar-refractivity contribution in [3.8, 4) is 5.75 Å². The molecule has 0 fully saturated rings. The van der Waals surface area contributed by atoms with Gasteiger partial charge in [-0.15, -0.1) is 0 Å². The van der Waals surface area contributed by atoms with Crippen LogP contribution in [-0.2, 0) is 0 Å². The van der Waals surface area contributed by atoms with Gasteiger partial charge in [0.1, 0.15) is 6.61 Å². The molecule has 0 aliphatic rings. The summed E-state index contributed by atoms with van der Waals surface area (Å²) in [5, 5.41) is 0. The summed E-state index contributed by atoms with van der Waals surface area (Å²) in [7, 11) is 0. The normalized spacial score (nSPS) is 9.50. The van der Waals surface area contributed by atoms with Crippen LogP contribution >= 0.6 is 0 Å². The number of hydrogen-bond donors (Lipinski definition) is 0. The van der Waals surface area contributed by atoms with E-state index in [1.165, 1.54) is 6.07 Å². The second-order valence-electron chi connectivity index (χ2n) is 2.68. The van der Waals surface area contributed by atoms with Crippen molar-refractivity contribution >= 4 is 0 Å². The maximum atomic E-state index is 12.9. The zero-order valence-corrected chi connectivity index (χ0v) is 7.01. The number of benzene rings is 1. The Morgan fingerprint density at radius 1 is 1.50 bits per heavy atom. The molecule has 0 aromatic heterocycles. The minimum Gasteiger partial charge on any atom is -0.486 e. The maximum Gasteiger partial charge on any atom is 0.165 e. The molecule has 0 aliphatic heterocycles. The predicted molar refractivity (Wildman–Crippen MR) is 46.7 cm³/mol. The molecule has 0 N–H and O–H groups in total. The standard InChI is InChI=1S/C10H11FO/c1-8(2)7-12-10-6-4-3-5-9(10)11/h3-6H,1,7H2,2H3. The number of halogens is 1. The Morgan fingerprint density at radius 3 is 2.75 bits per heavy atom. The lowest BCUT2D eigenvalue weighted by atomic mass is 10.3. The SMILES string of the molecule is C=C(C)COc1ccccc1F. The number of para-hydroxylation sites is 1. The summed E-state index contributed by atoms with van der Waals surface area (Å²) in [5.74, 6) is -0.0562. The Balaban J connectivity index is 2.63. The topological polar surface area (TPSA) is 9.23 Å². The van der Waals surface area contributed by atoms with E-state index in [4.69, 9.17) is 4.74 Å². The van der Waals surface area contributed by atoms with Crippen LogP contribution < -0.4 is 4.74 Å². The van der Waals surface area contributed by atoms with E-state index in [-0.39, 0.29) is 11.6 Å². The minimum absolute atomic E-state index is 0.278. The molecule has 1 aromatic rings. The van der Waals surface area contributed by atoms with E-state index >= 15 is 0 Å². The van der Waals surface area contributed by atoms with Gasteiger partial charge in [-0.1, -0.05) is 18.7 Å². The first-order valence-electron chi connectivity index (χ1n) is 3.72. The Kier molecular flexibility index (Phi) is 2.86. The summed E-state index contributed by atoms with van der Waals surface area (Å²) in [6, 6.07) is 6.33. The highest BCUT2D eigenvalue weighted by molar-refractivity contribution is 5.23. The van der Waals surface area contributed by atoms with Crippen molar-refractivity contribution < 1.29 is 9.13 Å². The van der Waals surface area contributed by atoms with Gasteiger partial charge in [-0.3, -0.25) is 0 Å². The van der Waals surface area contributed by atoms with E-state index in [1.807, 2.05) is 6.92 Å². The molecule has 0 amide bonds.